The fraction of sp³-hybridized carbons (Fsp3) is 0.500. The van der Waals surface area contributed by atoms with Gasteiger partial charge in [0.05, 0.1) is 12.2 Å². The molecule has 0 fully saturated rings. The van der Waals surface area contributed by atoms with E-state index in [0.29, 0.717) is 17.1 Å². The normalized spacial score (nSPS) is 10.2. The molecule has 0 amide bonds. The van der Waals surface area contributed by atoms with Gasteiger partial charge in [0, 0.05) is 4.90 Å². The molecule has 0 aliphatic heterocycles. The second-order valence-electron chi connectivity index (χ2n) is 4.07. The third-order valence-corrected chi connectivity index (χ3v) is 2.99. The highest BCUT2D eigenvalue weighted by molar-refractivity contribution is 7.80. The van der Waals surface area contributed by atoms with Crippen molar-refractivity contribution in [3.8, 4) is 0 Å². The van der Waals surface area contributed by atoms with Crippen LogP contribution in [0.5, 0.6) is 0 Å². The summed E-state index contributed by atoms with van der Waals surface area (Å²) in [7, 11) is 0. The Morgan fingerprint density at radius 3 is 2.59 bits per heavy atom. The van der Waals surface area contributed by atoms with E-state index < -0.39 is 0 Å². The van der Waals surface area contributed by atoms with Crippen LogP contribution in [-0.2, 0) is 4.74 Å². The minimum atomic E-state index is -0.272. The zero-order chi connectivity index (χ0) is 12.5. The summed E-state index contributed by atoms with van der Waals surface area (Å²) in [5, 5.41) is 0. The predicted molar refractivity (Wildman–Crippen MR) is 72.7 cm³/mol. The molecule has 1 rings (SSSR count). The van der Waals surface area contributed by atoms with Crippen molar-refractivity contribution < 1.29 is 9.53 Å². The first-order valence-corrected chi connectivity index (χ1v) is 6.65. The zero-order valence-corrected chi connectivity index (χ0v) is 11.2. The van der Waals surface area contributed by atoms with E-state index in [1.807, 2.05) is 12.1 Å². The number of unbranched alkanes of at least 4 members (excludes halogenated alkanes) is 4. The van der Waals surface area contributed by atoms with Gasteiger partial charge in [0.2, 0.25) is 0 Å². The van der Waals surface area contributed by atoms with Gasteiger partial charge in [-0.05, 0) is 18.6 Å². The van der Waals surface area contributed by atoms with Crippen molar-refractivity contribution >= 4 is 18.6 Å². The van der Waals surface area contributed by atoms with Crippen molar-refractivity contribution in [1.29, 1.82) is 0 Å². The Labute approximate surface area is 109 Å². The molecule has 0 radical (unpaired) electrons. The van der Waals surface area contributed by atoms with Crippen molar-refractivity contribution in [2.45, 2.75) is 43.9 Å². The van der Waals surface area contributed by atoms with Gasteiger partial charge in [-0.2, -0.15) is 0 Å². The molecule has 0 heterocycles. The number of thiol groups is 1. The maximum absolute atomic E-state index is 11.7. The van der Waals surface area contributed by atoms with Crippen molar-refractivity contribution in [2.24, 2.45) is 0 Å². The molecule has 0 aromatic heterocycles. The fourth-order valence-corrected chi connectivity index (χ4v) is 1.85. The largest absolute Gasteiger partial charge is 0.462 e. The fourth-order valence-electron chi connectivity index (χ4n) is 1.59. The summed E-state index contributed by atoms with van der Waals surface area (Å²) in [5.41, 5.74) is 0.546. The maximum Gasteiger partial charge on any atom is 0.339 e. The van der Waals surface area contributed by atoms with E-state index in [9.17, 15) is 4.79 Å². The van der Waals surface area contributed by atoms with Crippen LogP contribution in [0.25, 0.3) is 0 Å². The zero-order valence-electron chi connectivity index (χ0n) is 10.3. The lowest BCUT2D eigenvalue weighted by Crippen LogP contribution is -2.07. The van der Waals surface area contributed by atoms with Crippen LogP contribution < -0.4 is 0 Å². The Balaban J connectivity index is 2.24. The Bertz CT molecular complexity index is 350. The molecular weight excluding hydrogens is 232 g/mol. The number of esters is 1. The Morgan fingerprint density at radius 1 is 1.18 bits per heavy atom. The molecule has 0 spiro atoms. The second-order valence-corrected chi connectivity index (χ2v) is 4.55. The van der Waals surface area contributed by atoms with Crippen LogP contribution in [0.1, 0.15) is 49.4 Å². The molecule has 0 aliphatic rings. The van der Waals surface area contributed by atoms with Crippen molar-refractivity contribution in [3.63, 3.8) is 0 Å². The lowest BCUT2D eigenvalue weighted by molar-refractivity contribution is 0.0493. The molecule has 0 saturated heterocycles. The summed E-state index contributed by atoms with van der Waals surface area (Å²) in [6.45, 7) is 2.69. The summed E-state index contributed by atoms with van der Waals surface area (Å²) in [5.74, 6) is -0.272. The van der Waals surface area contributed by atoms with Gasteiger partial charge in [0.15, 0.2) is 0 Å². The van der Waals surface area contributed by atoms with Gasteiger partial charge < -0.3 is 4.74 Å². The molecule has 0 N–H and O–H groups in total. The summed E-state index contributed by atoms with van der Waals surface area (Å²) in [4.78, 5) is 12.4. The molecule has 1 aromatic rings. The van der Waals surface area contributed by atoms with Crippen LogP contribution in [0.4, 0.5) is 0 Å². The molecule has 0 unspecified atom stereocenters. The number of carbonyl (C=O) groups excluding carboxylic acids is 1. The van der Waals surface area contributed by atoms with E-state index in [1.165, 1.54) is 19.3 Å². The monoisotopic (exact) mass is 252 g/mol. The van der Waals surface area contributed by atoms with E-state index in [1.54, 1.807) is 12.1 Å². The number of hydrogen-bond acceptors (Lipinski definition) is 3. The molecular formula is C14H20O2S. The SMILES string of the molecule is CCCCCCCOC(=O)c1ccccc1S. The highest BCUT2D eigenvalue weighted by atomic mass is 32.1. The summed E-state index contributed by atoms with van der Waals surface area (Å²) in [6, 6.07) is 7.20. The third-order valence-electron chi connectivity index (χ3n) is 2.61. The number of carbonyl (C=O) groups is 1. The molecule has 2 nitrogen and oxygen atoms in total. The Morgan fingerprint density at radius 2 is 1.88 bits per heavy atom. The van der Waals surface area contributed by atoms with Gasteiger partial charge in [-0.25, -0.2) is 4.79 Å². The molecule has 3 heteroatoms. The van der Waals surface area contributed by atoms with E-state index in [0.717, 1.165) is 12.8 Å². The Hall–Kier alpha value is -0.960. The van der Waals surface area contributed by atoms with E-state index in [4.69, 9.17) is 4.74 Å². The lowest BCUT2D eigenvalue weighted by atomic mass is 10.2. The lowest BCUT2D eigenvalue weighted by Gasteiger charge is -2.06. The van der Waals surface area contributed by atoms with Crippen LogP contribution in [-0.4, -0.2) is 12.6 Å². The van der Waals surface area contributed by atoms with Crippen LogP contribution in [0.2, 0.25) is 0 Å². The third kappa shape index (κ3) is 5.26. The maximum atomic E-state index is 11.7. The summed E-state index contributed by atoms with van der Waals surface area (Å²) < 4.78 is 5.20. The van der Waals surface area contributed by atoms with Gasteiger partial charge in [0.1, 0.15) is 0 Å². The van der Waals surface area contributed by atoms with Crippen LogP contribution in [0.3, 0.4) is 0 Å². The van der Waals surface area contributed by atoms with Crippen molar-refractivity contribution in [2.75, 3.05) is 6.61 Å². The van der Waals surface area contributed by atoms with Crippen molar-refractivity contribution in [1.82, 2.24) is 0 Å². The van der Waals surface area contributed by atoms with Gasteiger partial charge in [-0.15, -0.1) is 12.6 Å². The number of ether oxygens (including phenoxy) is 1. The van der Waals surface area contributed by atoms with Crippen molar-refractivity contribution in [3.05, 3.63) is 29.8 Å². The number of rotatable bonds is 7. The second kappa shape index (κ2) is 8.18. The average molecular weight is 252 g/mol. The standard InChI is InChI=1S/C14H20O2S/c1-2-3-4-5-8-11-16-14(15)12-9-6-7-10-13(12)17/h6-7,9-10,17H,2-5,8,11H2,1H3. The first-order valence-electron chi connectivity index (χ1n) is 6.20. The predicted octanol–water partition coefficient (Wildman–Crippen LogP) is 4.10. The van der Waals surface area contributed by atoms with Gasteiger partial charge in [-0.1, -0.05) is 44.7 Å². The quantitative estimate of drug-likeness (QED) is 0.449. The molecule has 0 saturated carbocycles. The molecule has 17 heavy (non-hydrogen) atoms. The van der Waals surface area contributed by atoms with Gasteiger partial charge in [0.25, 0.3) is 0 Å². The minimum absolute atomic E-state index is 0.272. The minimum Gasteiger partial charge on any atom is -0.462 e. The topological polar surface area (TPSA) is 26.3 Å². The van der Waals surface area contributed by atoms with Crippen LogP contribution >= 0.6 is 12.6 Å². The van der Waals surface area contributed by atoms with Crippen LogP contribution in [0, 0.1) is 0 Å². The molecule has 0 atom stereocenters. The first kappa shape index (κ1) is 14.1. The average Bonchev–Trinajstić information content (AvgIpc) is 2.34. The highest BCUT2D eigenvalue weighted by Crippen LogP contribution is 2.14. The summed E-state index contributed by atoms with van der Waals surface area (Å²) >= 11 is 4.23. The van der Waals surface area contributed by atoms with Gasteiger partial charge in [-0.3, -0.25) is 0 Å². The highest BCUT2D eigenvalue weighted by Gasteiger charge is 2.09. The van der Waals surface area contributed by atoms with E-state index in [2.05, 4.69) is 19.6 Å². The Kier molecular flexibility index (Phi) is 6.78. The van der Waals surface area contributed by atoms with Gasteiger partial charge >= 0.3 is 5.97 Å². The summed E-state index contributed by atoms with van der Waals surface area (Å²) in [6.07, 6.45) is 5.78. The van der Waals surface area contributed by atoms with E-state index >= 15 is 0 Å². The molecule has 1 aromatic carbocycles. The van der Waals surface area contributed by atoms with E-state index in [-0.39, 0.29) is 5.97 Å². The number of hydrogen-bond donors (Lipinski definition) is 1. The molecule has 0 aliphatic carbocycles. The molecule has 0 bridgehead atoms. The smallest absolute Gasteiger partial charge is 0.339 e. The number of benzene rings is 1. The van der Waals surface area contributed by atoms with Crippen LogP contribution in [0.15, 0.2) is 29.2 Å². The first-order chi connectivity index (χ1) is 8.25. The molecule has 94 valence electrons.